The van der Waals surface area contributed by atoms with Crippen molar-refractivity contribution in [2.75, 3.05) is 19.6 Å². The molecule has 0 aromatic rings. The van der Waals surface area contributed by atoms with Crippen LogP contribution in [0.25, 0.3) is 0 Å². The van der Waals surface area contributed by atoms with Crippen molar-refractivity contribution in [2.45, 2.75) is 52.0 Å². The maximum Gasteiger partial charge on any atom is 0.00982 e. The Kier molecular flexibility index (Phi) is 3.36. The summed E-state index contributed by atoms with van der Waals surface area (Å²) in [6.45, 7) is 8.32. The first kappa shape index (κ1) is 11.4. The number of nitrogens with two attached hydrogens (primary N) is 1. The molecule has 0 bridgehead atoms. The first-order chi connectivity index (χ1) is 7.11. The van der Waals surface area contributed by atoms with Gasteiger partial charge in [-0.05, 0) is 56.5 Å². The topological polar surface area (TPSA) is 29.3 Å². The molecule has 2 nitrogen and oxygen atoms in total. The Balaban J connectivity index is 1.81. The molecule has 2 N–H and O–H groups in total. The predicted molar refractivity (Wildman–Crippen MR) is 64.8 cm³/mol. The molecule has 2 unspecified atom stereocenters. The molecule has 1 saturated heterocycles. The van der Waals surface area contributed by atoms with E-state index in [1.807, 2.05) is 0 Å². The van der Waals surface area contributed by atoms with Crippen LogP contribution in [-0.2, 0) is 0 Å². The molecule has 0 aromatic heterocycles. The van der Waals surface area contributed by atoms with E-state index in [9.17, 15) is 0 Å². The Morgan fingerprint density at radius 3 is 2.73 bits per heavy atom. The molecule has 0 radical (unpaired) electrons. The van der Waals surface area contributed by atoms with Crippen molar-refractivity contribution in [3.8, 4) is 0 Å². The Morgan fingerprint density at radius 2 is 2.13 bits per heavy atom. The molecule has 1 saturated carbocycles. The quantitative estimate of drug-likeness (QED) is 0.774. The van der Waals surface area contributed by atoms with Gasteiger partial charge in [-0.25, -0.2) is 0 Å². The van der Waals surface area contributed by atoms with E-state index >= 15 is 0 Å². The van der Waals surface area contributed by atoms with Crippen molar-refractivity contribution in [2.24, 2.45) is 17.1 Å². The summed E-state index contributed by atoms with van der Waals surface area (Å²) in [6, 6.07) is 0.878. The van der Waals surface area contributed by atoms with Gasteiger partial charge in [-0.1, -0.05) is 13.8 Å². The molecule has 2 heteroatoms. The SMILES string of the molecule is CC1(C)CCN(C2CCC(CCN)C2)C1. The highest BCUT2D eigenvalue weighted by atomic mass is 15.2. The average molecular weight is 210 g/mol. The van der Waals surface area contributed by atoms with Crippen LogP contribution in [0.4, 0.5) is 0 Å². The van der Waals surface area contributed by atoms with Crippen LogP contribution in [0, 0.1) is 11.3 Å². The predicted octanol–water partition coefficient (Wildman–Crippen LogP) is 2.24. The van der Waals surface area contributed by atoms with Gasteiger partial charge in [0.25, 0.3) is 0 Å². The van der Waals surface area contributed by atoms with Gasteiger partial charge in [0, 0.05) is 12.6 Å². The van der Waals surface area contributed by atoms with Gasteiger partial charge >= 0.3 is 0 Å². The third-order valence-corrected chi connectivity index (χ3v) is 4.31. The molecular formula is C13H26N2. The number of likely N-dealkylation sites (tertiary alicyclic amines) is 1. The Bertz CT molecular complexity index is 213. The summed E-state index contributed by atoms with van der Waals surface area (Å²) in [7, 11) is 0. The fourth-order valence-electron chi connectivity index (χ4n) is 3.34. The number of nitrogens with zero attached hydrogens (tertiary/aromatic N) is 1. The second kappa shape index (κ2) is 4.42. The van der Waals surface area contributed by atoms with Crippen molar-refractivity contribution in [3.05, 3.63) is 0 Å². The third kappa shape index (κ3) is 2.73. The fraction of sp³-hybridized carbons (Fsp3) is 1.00. The van der Waals surface area contributed by atoms with Crippen LogP contribution in [-0.4, -0.2) is 30.6 Å². The average Bonchev–Trinajstić information content (AvgIpc) is 2.73. The van der Waals surface area contributed by atoms with E-state index in [-0.39, 0.29) is 0 Å². The second-order valence-electron chi connectivity index (χ2n) is 6.29. The van der Waals surface area contributed by atoms with Crippen LogP contribution in [0.3, 0.4) is 0 Å². The molecule has 0 aromatic carbocycles. The molecule has 0 amide bonds. The fourth-order valence-corrected chi connectivity index (χ4v) is 3.34. The highest BCUT2D eigenvalue weighted by Crippen LogP contribution is 2.37. The molecule has 1 aliphatic heterocycles. The zero-order valence-corrected chi connectivity index (χ0v) is 10.3. The van der Waals surface area contributed by atoms with Gasteiger partial charge < -0.3 is 5.73 Å². The van der Waals surface area contributed by atoms with Crippen LogP contribution in [0.15, 0.2) is 0 Å². The van der Waals surface area contributed by atoms with E-state index in [0.29, 0.717) is 5.41 Å². The van der Waals surface area contributed by atoms with Gasteiger partial charge in [0.05, 0.1) is 0 Å². The van der Waals surface area contributed by atoms with E-state index in [1.165, 1.54) is 45.2 Å². The van der Waals surface area contributed by atoms with Gasteiger partial charge in [-0.2, -0.15) is 0 Å². The zero-order chi connectivity index (χ0) is 10.9. The summed E-state index contributed by atoms with van der Waals surface area (Å²) >= 11 is 0. The van der Waals surface area contributed by atoms with Crippen molar-refractivity contribution >= 4 is 0 Å². The molecular weight excluding hydrogens is 184 g/mol. The minimum Gasteiger partial charge on any atom is -0.330 e. The molecule has 1 aliphatic carbocycles. The largest absolute Gasteiger partial charge is 0.330 e. The zero-order valence-electron chi connectivity index (χ0n) is 10.3. The summed E-state index contributed by atoms with van der Waals surface area (Å²) in [5.74, 6) is 0.920. The first-order valence-electron chi connectivity index (χ1n) is 6.55. The highest BCUT2D eigenvalue weighted by Gasteiger charge is 2.36. The molecule has 2 fully saturated rings. The summed E-state index contributed by atoms with van der Waals surface area (Å²) in [4.78, 5) is 2.73. The van der Waals surface area contributed by atoms with Crippen LogP contribution >= 0.6 is 0 Å². The van der Waals surface area contributed by atoms with Gasteiger partial charge in [0.15, 0.2) is 0 Å². The standard InChI is InChI=1S/C13H26N2/c1-13(2)6-8-15(10-13)12-4-3-11(9-12)5-7-14/h11-12H,3-10,14H2,1-2H3. The first-order valence-corrected chi connectivity index (χ1v) is 6.55. The molecule has 2 rings (SSSR count). The van der Waals surface area contributed by atoms with Gasteiger partial charge in [-0.3, -0.25) is 4.90 Å². The Hall–Kier alpha value is -0.0800. The van der Waals surface area contributed by atoms with Crippen LogP contribution in [0.2, 0.25) is 0 Å². The Morgan fingerprint density at radius 1 is 1.33 bits per heavy atom. The summed E-state index contributed by atoms with van der Waals surface area (Å²) in [6.07, 6.45) is 6.87. The summed E-state index contributed by atoms with van der Waals surface area (Å²) < 4.78 is 0. The van der Waals surface area contributed by atoms with Crippen LogP contribution in [0.5, 0.6) is 0 Å². The highest BCUT2D eigenvalue weighted by molar-refractivity contribution is 4.90. The maximum absolute atomic E-state index is 5.64. The molecule has 15 heavy (non-hydrogen) atoms. The van der Waals surface area contributed by atoms with E-state index in [4.69, 9.17) is 5.73 Å². The molecule has 1 heterocycles. The summed E-state index contributed by atoms with van der Waals surface area (Å²) in [5, 5.41) is 0. The second-order valence-corrected chi connectivity index (χ2v) is 6.29. The summed E-state index contributed by atoms with van der Waals surface area (Å²) in [5.41, 5.74) is 6.20. The normalized spacial score (nSPS) is 36.2. The van der Waals surface area contributed by atoms with E-state index in [1.54, 1.807) is 0 Å². The van der Waals surface area contributed by atoms with E-state index in [0.717, 1.165) is 18.5 Å². The van der Waals surface area contributed by atoms with Crippen molar-refractivity contribution < 1.29 is 0 Å². The third-order valence-electron chi connectivity index (χ3n) is 4.31. The number of rotatable bonds is 3. The van der Waals surface area contributed by atoms with Gasteiger partial charge in [0.1, 0.15) is 0 Å². The number of hydrogen-bond acceptors (Lipinski definition) is 2. The molecule has 0 spiro atoms. The smallest absolute Gasteiger partial charge is 0.00982 e. The number of hydrogen-bond donors (Lipinski definition) is 1. The molecule has 2 aliphatic rings. The lowest BCUT2D eigenvalue weighted by atomic mass is 9.93. The molecule has 2 atom stereocenters. The monoisotopic (exact) mass is 210 g/mol. The lowest BCUT2D eigenvalue weighted by Crippen LogP contribution is -2.32. The van der Waals surface area contributed by atoms with E-state index in [2.05, 4.69) is 18.7 Å². The lowest BCUT2D eigenvalue weighted by molar-refractivity contribution is 0.215. The van der Waals surface area contributed by atoms with Crippen molar-refractivity contribution in [3.63, 3.8) is 0 Å². The van der Waals surface area contributed by atoms with Gasteiger partial charge in [0.2, 0.25) is 0 Å². The minimum atomic E-state index is 0.561. The molecule has 88 valence electrons. The van der Waals surface area contributed by atoms with Crippen LogP contribution in [0.1, 0.15) is 46.0 Å². The van der Waals surface area contributed by atoms with E-state index < -0.39 is 0 Å². The Labute approximate surface area is 94.2 Å². The van der Waals surface area contributed by atoms with Crippen molar-refractivity contribution in [1.29, 1.82) is 0 Å². The minimum absolute atomic E-state index is 0.561. The van der Waals surface area contributed by atoms with Crippen LogP contribution < -0.4 is 5.73 Å². The lowest BCUT2D eigenvalue weighted by Gasteiger charge is -2.26. The maximum atomic E-state index is 5.64. The van der Waals surface area contributed by atoms with Crippen molar-refractivity contribution in [1.82, 2.24) is 4.90 Å². The van der Waals surface area contributed by atoms with Gasteiger partial charge in [-0.15, -0.1) is 0 Å².